The summed E-state index contributed by atoms with van der Waals surface area (Å²) in [6, 6.07) is 14.6. The van der Waals surface area contributed by atoms with E-state index in [0.29, 0.717) is 39.4 Å². The lowest BCUT2D eigenvalue weighted by molar-refractivity contribution is 0.399. The van der Waals surface area contributed by atoms with Crippen molar-refractivity contribution in [1.29, 1.82) is 5.26 Å². The molecule has 0 amide bonds. The van der Waals surface area contributed by atoms with Crippen molar-refractivity contribution >= 4 is 21.9 Å². The summed E-state index contributed by atoms with van der Waals surface area (Å²) >= 11 is 0. The van der Waals surface area contributed by atoms with Crippen LogP contribution in [0, 0.1) is 18.2 Å². The Labute approximate surface area is 183 Å². The third kappa shape index (κ3) is 3.06. The Balaban J connectivity index is 1.74. The maximum absolute atomic E-state index is 9.77. The molecule has 0 saturated heterocycles. The first kappa shape index (κ1) is 15.8. The molecule has 0 aliphatic heterocycles. The molecule has 0 aliphatic carbocycles. The second-order valence-corrected chi connectivity index (χ2v) is 8.36. The van der Waals surface area contributed by atoms with Crippen molar-refractivity contribution in [1.82, 2.24) is 15.2 Å². The Hall–Kier alpha value is -3.98. The summed E-state index contributed by atoms with van der Waals surface area (Å²) in [6.45, 7) is 3.67. The van der Waals surface area contributed by atoms with E-state index in [1.165, 1.54) is 6.20 Å². The number of furan rings is 1. The van der Waals surface area contributed by atoms with E-state index in [0.717, 1.165) is 10.8 Å². The molecule has 6 nitrogen and oxygen atoms in total. The minimum absolute atomic E-state index is 0.167. The fourth-order valence-corrected chi connectivity index (χ4v) is 3.55. The molecular formula is C25H20N4O2. The first-order valence-corrected chi connectivity index (χ1v) is 9.77. The number of fused-ring (bicyclic) bond motifs is 3. The molecule has 31 heavy (non-hydrogen) atoms. The number of pyridine rings is 1. The van der Waals surface area contributed by atoms with E-state index in [1.807, 2.05) is 45.0 Å². The van der Waals surface area contributed by atoms with Crippen LogP contribution < -0.4 is 0 Å². The number of nitrogens with zero attached hydrogens (tertiary/aromatic N) is 4. The molecule has 3 aromatic heterocycles. The number of aryl methyl sites for hydroxylation is 1. The molecule has 0 radical (unpaired) electrons. The molecular weight excluding hydrogens is 388 g/mol. The molecule has 6 heteroatoms. The lowest BCUT2D eigenvalue weighted by Crippen LogP contribution is -2.11. The van der Waals surface area contributed by atoms with Crippen LogP contribution >= 0.6 is 0 Å². The van der Waals surface area contributed by atoms with Crippen molar-refractivity contribution in [3.05, 3.63) is 65.7 Å². The molecule has 0 saturated carbocycles. The SMILES string of the molecule is [2H]C([2H])([2H])c1ccc(-c2cccc3c2oc2c(-c4nnc(C(C)(C)C)o4)c(C#N)ccc23)nc1. The highest BCUT2D eigenvalue weighted by Crippen LogP contribution is 2.41. The van der Waals surface area contributed by atoms with Gasteiger partial charge in [0.05, 0.1) is 16.8 Å². The smallest absolute Gasteiger partial charge is 0.252 e. The summed E-state index contributed by atoms with van der Waals surface area (Å²) in [5.41, 5.74) is 2.93. The van der Waals surface area contributed by atoms with Gasteiger partial charge >= 0.3 is 0 Å². The molecule has 0 spiro atoms. The van der Waals surface area contributed by atoms with E-state index in [2.05, 4.69) is 21.3 Å². The molecule has 152 valence electrons. The summed E-state index contributed by atoms with van der Waals surface area (Å²) in [5.74, 6) is 0.673. The quantitative estimate of drug-likeness (QED) is 0.345. The molecule has 3 heterocycles. The molecule has 0 N–H and O–H groups in total. The van der Waals surface area contributed by atoms with Crippen LogP contribution in [0.1, 0.15) is 41.9 Å². The monoisotopic (exact) mass is 411 g/mol. The van der Waals surface area contributed by atoms with E-state index in [9.17, 15) is 5.26 Å². The average molecular weight is 411 g/mol. The number of benzene rings is 2. The van der Waals surface area contributed by atoms with Crippen LogP contribution in [0.15, 0.2) is 57.5 Å². The van der Waals surface area contributed by atoms with Crippen LogP contribution in [0.25, 0.3) is 44.7 Å². The van der Waals surface area contributed by atoms with Crippen LogP contribution in [0.5, 0.6) is 0 Å². The number of nitriles is 1. The van der Waals surface area contributed by atoms with Crippen LogP contribution in [-0.4, -0.2) is 15.2 Å². The van der Waals surface area contributed by atoms with Crippen molar-refractivity contribution in [2.45, 2.75) is 33.0 Å². The van der Waals surface area contributed by atoms with Gasteiger partial charge in [0.15, 0.2) is 0 Å². The van der Waals surface area contributed by atoms with Crippen molar-refractivity contribution in [3.63, 3.8) is 0 Å². The van der Waals surface area contributed by atoms with Gasteiger partial charge in [0.2, 0.25) is 5.89 Å². The summed E-state index contributed by atoms with van der Waals surface area (Å²) < 4.78 is 35.0. The zero-order chi connectivity index (χ0) is 24.3. The maximum atomic E-state index is 9.77. The number of aromatic nitrogens is 3. The highest BCUT2D eigenvalue weighted by Gasteiger charge is 2.26. The lowest BCUT2D eigenvalue weighted by Gasteiger charge is -2.11. The fraction of sp³-hybridized carbons (Fsp3) is 0.200. The highest BCUT2D eigenvalue weighted by atomic mass is 16.4. The molecule has 2 aromatic carbocycles. The largest absolute Gasteiger partial charge is 0.454 e. The number of hydrogen-bond acceptors (Lipinski definition) is 6. The maximum Gasteiger partial charge on any atom is 0.252 e. The van der Waals surface area contributed by atoms with Crippen LogP contribution in [0.2, 0.25) is 0 Å². The molecule has 0 unspecified atom stereocenters. The zero-order valence-corrected chi connectivity index (χ0v) is 17.2. The summed E-state index contributed by atoms with van der Waals surface area (Å²) in [4.78, 5) is 4.37. The fourth-order valence-electron chi connectivity index (χ4n) is 3.55. The molecule has 5 aromatic rings. The number of hydrogen-bond donors (Lipinski definition) is 0. The Bertz CT molecular complexity index is 1580. The second-order valence-electron chi connectivity index (χ2n) is 8.36. The average Bonchev–Trinajstić information content (AvgIpc) is 3.43. The van der Waals surface area contributed by atoms with Crippen LogP contribution in [0.4, 0.5) is 0 Å². The predicted octanol–water partition coefficient (Wildman–Crippen LogP) is 6.18. The molecule has 0 aliphatic rings. The standard InChI is InChI=1S/C25H20N4O2/c1-14-8-11-19(27-13-14)18-7-5-6-16-17-10-9-15(12-26)20(22(17)30-21(16)18)23-28-29-24(31-23)25(2,3)4/h5-11,13H,1-4H3/i1D3. The molecule has 0 bridgehead atoms. The Kier molecular flexibility index (Phi) is 3.46. The van der Waals surface area contributed by atoms with Gasteiger partial charge in [0, 0.05) is 32.1 Å². The first-order valence-electron chi connectivity index (χ1n) is 11.3. The normalized spacial score (nSPS) is 13.7. The van der Waals surface area contributed by atoms with Gasteiger partial charge in [-0.05, 0) is 36.7 Å². The van der Waals surface area contributed by atoms with Gasteiger partial charge in [0.25, 0.3) is 5.89 Å². The van der Waals surface area contributed by atoms with Crippen molar-refractivity contribution < 1.29 is 12.9 Å². The van der Waals surface area contributed by atoms with Crippen molar-refractivity contribution in [3.8, 4) is 28.8 Å². The second kappa shape index (κ2) is 6.78. The Morgan fingerprint density at radius 3 is 2.48 bits per heavy atom. The van der Waals surface area contributed by atoms with Gasteiger partial charge in [-0.3, -0.25) is 4.98 Å². The van der Waals surface area contributed by atoms with Gasteiger partial charge in [0.1, 0.15) is 17.2 Å². The van der Waals surface area contributed by atoms with Crippen LogP contribution in [-0.2, 0) is 5.41 Å². The van der Waals surface area contributed by atoms with Gasteiger partial charge < -0.3 is 8.83 Å². The summed E-state index contributed by atoms with van der Waals surface area (Å²) in [7, 11) is 0. The van der Waals surface area contributed by atoms with E-state index in [-0.39, 0.29) is 16.9 Å². The lowest BCUT2D eigenvalue weighted by atomic mass is 9.97. The van der Waals surface area contributed by atoms with Crippen LogP contribution in [0.3, 0.4) is 0 Å². The van der Waals surface area contributed by atoms with E-state index >= 15 is 0 Å². The topological polar surface area (TPSA) is 88.7 Å². The Morgan fingerprint density at radius 2 is 1.81 bits per heavy atom. The van der Waals surface area contributed by atoms with Gasteiger partial charge in [-0.2, -0.15) is 5.26 Å². The van der Waals surface area contributed by atoms with E-state index < -0.39 is 6.85 Å². The van der Waals surface area contributed by atoms with Gasteiger partial charge in [-0.25, -0.2) is 0 Å². The van der Waals surface area contributed by atoms with Gasteiger partial charge in [-0.1, -0.05) is 39.0 Å². The minimum Gasteiger partial charge on any atom is -0.454 e. The molecule has 5 rings (SSSR count). The number of para-hydroxylation sites is 1. The first-order chi connectivity index (χ1) is 16.1. The number of rotatable bonds is 2. The zero-order valence-electron chi connectivity index (χ0n) is 20.2. The van der Waals surface area contributed by atoms with Crippen molar-refractivity contribution in [2.24, 2.45) is 0 Å². The summed E-state index contributed by atoms with van der Waals surface area (Å²) in [5, 5.41) is 19.8. The van der Waals surface area contributed by atoms with Gasteiger partial charge in [-0.15, -0.1) is 10.2 Å². The third-order valence-electron chi connectivity index (χ3n) is 5.11. The highest BCUT2D eigenvalue weighted by molar-refractivity contribution is 6.13. The molecule has 0 fully saturated rings. The summed E-state index contributed by atoms with van der Waals surface area (Å²) in [6.07, 6.45) is 1.36. The molecule has 0 atom stereocenters. The van der Waals surface area contributed by atoms with Crippen molar-refractivity contribution in [2.75, 3.05) is 0 Å². The minimum atomic E-state index is -2.23. The predicted molar refractivity (Wildman–Crippen MR) is 118 cm³/mol. The Morgan fingerprint density at radius 1 is 0.968 bits per heavy atom. The van der Waals surface area contributed by atoms with E-state index in [4.69, 9.17) is 12.9 Å². The third-order valence-corrected chi connectivity index (χ3v) is 5.11. The van der Waals surface area contributed by atoms with E-state index in [1.54, 1.807) is 18.2 Å².